The van der Waals surface area contributed by atoms with Crippen molar-refractivity contribution >= 4 is 17.5 Å². The fourth-order valence-electron chi connectivity index (χ4n) is 1.82. The average molecular weight is 261 g/mol. The summed E-state index contributed by atoms with van der Waals surface area (Å²) in [5.41, 5.74) is 3.49. The lowest BCUT2D eigenvalue weighted by atomic mass is 9.96. The van der Waals surface area contributed by atoms with Crippen molar-refractivity contribution in [2.75, 3.05) is 5.32 Å². The number of carbonyl (C=O) groups is 2. The summed E-state index contributed by atoms with van der Waals surface area (Å²) in [5.74, 6) is -0.381. The smallest absolute Gasteiger partial charge is 0.276 e. The number of fused-ring (bicyclic) bond motifs is 1. The van der Waals surface area contributed by atoms with Crippen LogP contribution in [0, 0.1) is 5.41 Å². The number of para-hydroxylation sites is 1. The Bertz CT molecular complexity index is 520. The number of hydrogen-bond acceptors (Lipinski definition) is 3. The Morgan fingerprint density at radius 3 is 2.58 bits per heavy atom. The number of nitrogens with zero attached hydrogens (tertiary/aromatic N) is 1. The summed E-state index contributed by atoms with van der Waals surface area (Å²) < 4.78 is 0. The molecule has 0 aliphatic carbocycles. The van der Waals surface area contributed by atoms with E-state index in [-0.39, 0.29) is 18.0 Å². The molecule has 1 aliphatic rings. The number of rotatable bonds is 1. The number of anilines is 1. The first-order valence-corrected chi connectivity index (χ1v) is 6.31. The van der Waals surface area contributed by atoms with E-state index in [0.717, 1.165) is 5.69 Å². The van der Waals surface area contributed by atoms with Crippen LogP contribution in [-0.4, -0.2) is 23.0 Å². The largest absolute Gasteiger partial charge is 0.363 e. The first-order chi connectivity index (χ1) is 8.80. The molecule has 1 aromatic rings. The standard InChI is InChI=1S/C14H19N3O2/c1-9-15-11-8-6-5-7-10(11)12(18)17(9)16-13(19)14(2,3)4/h5-9,15H,1-4H3,(H,16,19). The minimum Gasteiger partial charge on any atom is -0.363 e. The molecule has 1 aliphatic heterocycles. The van der Waals surface area contributed by atoms with Crippen molar-refractivity contribution in [2.45, 2.75) is 33.9 Å². The van der Waals surface area contributed by atoms with Gasteiger partial charge in [0.2, 0.25) is 5.91 Å². The van der Waals surface area contributed by atoms with Gasteiger partial charge in [0.05, 0.1) is 5.56 Å². The van der Waals surface area contributed by atoms with Crippen LogP contribution in [0.25, 0.3) is 0 Å². The quantitative estimate of drug-likeness (QED) is 0.812. The van der Waals surface area contributed by atoms with Crippen LogP contribution >= 0.6 is 0 Å². The molecule has 102 valence electrons. The predicted molar refractivity (Wildman–Crippen MR) is 73.3 cm³/mol. The Balaban J connectivity index is 2.25. The van der Waals surface area contributed by atoms with Crippen LogP contribution in [0.2, 0.25) is 0 Å². The predicted octanol–water partition coefficient (Wildman–Crippen LogP) is 1.98. The molecule has 1 atom stereocenters. The summed E-state index contributed by atoms with van der Waals surface area (Å²) in [7, 11) is 0. The van der Waals surface area contributed by atoms with E-state index in [1.807, 2.05) is 39.8 Å². The first-order valence-electron chi connectivity index (χ1n) is 6.31. The Hall–Kier alpha value is -2.04. The minimum absolute atomic E-state index is 0.186. The molecule has 0 aromatic heterocycles. The minimum atomic E-state index is -0.545. The summed E-state index contributed by atoms with van der Waals surface area (Å²) in [4.78, 5) is 24.4. The van der Waals surface area contributed by atoms with E-state index >= 15 is 0 Å². The van der Waals surface area contributed by atoms with E-state index in [0.29, 0.717) is 5.56 Å². The van der Waals surface area contributed by atoms with Gasteiger partial charge in [-0.1, -0.05) is 32.9 Å². The van der Waals surface area contributed by atoms with Crippen LogP contribution in [0.15, 0.2) is 24.3 Å². The van der Waals surface area contributed by atoms with Crippen molar-refractivity contribution in [2.24, 2.45) is 5.41 Å². The van der Waals surface area contributed by atoms with Crippen molar-refractivity contribution in [1.82, 2.24) is 10.4 Å². The fraction of sp³-hybridized carbons (Fsp3) is 0.429. The van der Waals surface area contributed by atoms with E-state index in [1.165, 1.54) is 5.01 Å². The second-order valence-corrected chi connectivity index (χ2v) is 5.73. The maximum Gasteiger partial charge on any atom is 0.276 e. The zero-order valence-corrected chi connectivity index (χ0v) is 11.7. The number of benzene rings is 1. The summed E-state index contributed by atoms with van der Waals surface area (Å²) in [6.45, 7) is 7.26. The lowest BCUT2D eigenvalue weighted by Gasteiger charge is -2.36. The number of hydrogen-bond donors (Lipinski definition) is 2. The van der Waals surface area contributed by atoms with E-state index in [2.05, 4.69) is 10.7 Å². The summed E-state index contributed by atoms with van der Waals surface area (Å²) >= 11 is 0. The zero-order valence-electron chi connectivity index (χ0n) is 11.7. The molecule has 1 aromatic carbocycles. The second kappa shape index (κ2) is 4.57. The molecule has 19 heavy (non-hydrogen) atoms. The van der Waals surface area contributed by atoms with Gasteiger partial charge in [0.25, 0.3) is 5.91 Å². The monoisotopic (exact) mass is 261 g/mol. The lowest BCUT2D eigenvalue weighted by Crippen LogP contribution is -2.58. The van der Waals surface area contributed by atoms with E-state index in [9.17, 15) is 9.59 Å². The van der Waals surface area contributed by atoms with Crippen LogP contribution in [0.3, 0.4) is 0 Å². The van der Waals surface area contributed by atoms with Crippen LogP contribution in [-0.2, 0) is 4.79 Å². The third-order valence-electron chi connectivity index (χ3n) is 3.03. The van der Waals surface area contributed by atoms with Gasteiger partial charge in [0.1, 0.15) is 6.17 Å². The molecule has 0 saturated heterocycles. The molecule has 0 fully saturated rings. The number of nitrogens with one attached hydrogen (secondary N) is 2. The highest BCUT2D eigenvalue weighted by Gasteiger charge is 2.32. The van der Waals surface area contributed by atoms with E-state index < -0.39 is 5.41 Å². The molecule has 1 unspecified atom stereocenters. The highest BCUT2D eigenvalue weighted by molar-refractivity contribution is 6.02. The Labute approximate surface area is 112 Å². The van der Waals surface area contributed by atoms with Crippen LogP contribution in [0.4, 0.5) is 5.69 Å². The molecule has 2 N–H and O–H groups in total. The zero-order chi connectivity index (χ0) is 14.2. The van der Waals surface area contributed by atoms with Gasteiger partial charge in [0.15, 0.2) is 0 Å². The van der Waals surface area contributed by atoms with Crippen LogP contribution in [0.1, 0.15) is 38.1 Å². The maximum atomic E-state index is 12.4. The Morgan fingerprint density at radius 1 is 1.32 bits per heavy atom. The Kier molecular flexibility index (Phi) is 3.22. The average Bonchev–Trinajstić information content (AvgIpc) is 2.33. The molecule has 1 heterocycles. The van der Waals surface area contributed by atoms with Gasteiger partial charge < -0.3 is 5.32 Å². The summed E-state index contributed by atoms with van der Waals surface area (Å²) in [6.07, 6.45) is -0.284. The van der Waals surface area contributed by atoms with Crippen molar-refractivity contribution in [3.8, 4) is 0 Å². The van der Waals surface area contributed by atoms with Gasteiger partial charge >= 0.3 is 0 Å². The van der Waals surface area contributed by atoms with Crippen molar-refractivity contribution in [1.29, 1.82) is 0 Å². The highest BCUT2D eigenvalue weighted by Crippen LogP contribution is 2.24. The number of hydrazine groups is 1. The molecule has 2 amide bonds. The molecule has 5 heteroatoms. The topological polar surface area (TPSA) is 61.4 Å². The molecule has 0 saturated carbocycles. The molecule has 0 spiro atoms. The molecule has 0 bridgehead atoms. The summed E-state index contributed by atoms with van der Waals surface area (Å²) in [6, 6.07) is 7.27. The van der Waals surface area contributed by atoms with Gasteiger partial charge in [-0.05, 0) is 19.1 Å². The number of amides is 2. The molecule has 2 rings (SSSR count). The number of carbonyl (C=O) groups excluding carboxylic acids is 2. The highest BCUT2D eigenvalue weighted by atomic mass is 16.2. The lowest BCUT2D eigenvalue weighted by molar-refractivity contribution is -0.133. The normalized spacial score (nSPS) is 18.6. The third kappa shape index (κ3) is 2.54. The first kappa shape index (κ1) is 13.4. The van der Waals surface area contributed by atoms with E-state index in [4.69, 9.17) is 0 Å². The maximum absolute atomic E-state index is 12.4. The van der Waals surface area contributed by atoms with Crippen LogP contribution < -0.4 is 10.7 Å². The van der Waals surface area contributed by atoms with Gasteiger partial charge in [-0.3, -0.25) is 15.0 Å². The second-order valence-electron chi connectivity index (χ2n) is 5.73. The van der Waals surface area contributed by atoms with E-state index in [1.54, 1.807) is 12.1 Å². The molecule has 0 radical (unpaired) electrons. The molecule has 5 nitrogen and oxygen atoms in total. The third-order valence-corrected chi connectivity index (χ3v) is 3.03. The SMILES string of the molecule is CC1Nc2ccccc2C(=O)N1NC(=O)C(C)(C)C. The van der Waals surface area contributed by atoms with Crippen molar-refractivity contribution < 1.29 is 9.59 Å². The van der Waals surface area contributed by atoms with Gasteiger partial charge in [-0.25, -0.2) is 5.01 Å². The van der Waals surface area contributed by atoms with Gasteiger partial charge in [0, 0.05) is 11.1 Å². The molecular weight excluding hydrogens is 242 g/mol. The Morgan fingerprint density at radius 2 is 1.95 bits per heavy atom. The van der Waals surface area contributed by atoms with Gasteiger partial charge in [-0.2, -0.15) is 0 Å². The molecular formula is C14H19N3O2. The van der Waals surface area contributed by atoms with Crippen LogP contribution in [0.5, 0.6) is 0 Å². The van der Waals surface area contributed by atoms with Crippen molar-refractivity contribution in [3.05, 3.63) is 29.8 Å². The fourth-order valence-corrected chi connectivity index (χ4v) is 1.82. The summed E-state index contributed by atoms with van der Waals surface area (Å²) in [5, 5.41) is 4.53. The van der Waals surface area contributed by atoms with Gasteiger partial charge in [-0.15, -0.1) is 0 Å². The van der Waals surface area contributed by atoms with Crippen molar-refractivity contribution in [3.63, 3.8) is 0 Å².